The molecule has 0 radical (unpaired) electrons. The molecule has 0 aliphatic carbocycles. The van der Waals surface area contributed by atoms with Crippen LogP contribution in [0.15, 0.2) is 47.4 Å². The molecule has 2 fully saturated rings. The van der Waals surface area contributed by atoms with Crippen LogP contribution in [-0.4, -0.2) is 60.6 Å². The van der Waals surface area contributed by atoms with Crippen molar-refractivity contribution in [2.75, 3.05) is 44.4 Å². The van der Waals surface area contributed by atoms with Crippen molar-refractivity contribution in [1.82, 2.24) is 4.90 Å². The first-order valence-corrected chi connectivity index (χ1v) is 12.3. The van der Waals surface area contributed by atoms with E-state index in [2.05, 4.69) is 0 Å². The number of rotatable bonds is 7. The average molecular weight is 499 g/mol. The lowest BCUT2D eigenvalue weighted by Gasteiger charge is -2.26. The van der Waals surface area contributed by atoms with Crippen LogP contribution >= 0.6 is 24.0 Å². The SMILES string of the molecule is CCOc1cc(/C=C2/SC(=S)N(c3cccc(C)c3)C2=O)ccc1OCC(=O)N1CCOCC1. The fourth-order valence-corrected chi connectivity index (χ4v) is 4.95. The molecule has 0 unspecified atom stereocenters. The van der Waals surface area contributed by atoms with Crippen molar-refractivity contribution >= 4 is 51.9 Å². The first kappa shape index (κ1) is 24.3. The molecule has 0 spiro atoms. The fourth-order valence-electron chi connectivity index (χ4n) is 3.65. The third-order valence-electron chi connectivity index (χ3n) is 5.33. The Bertz CT molecular complexity index is 1130. The Kier molecular flexibility index (Phi) is 7.87. The predicted octanol–water partition coefficient (Wildman–Crippen LogP) is 4.04. The number of benzene rings is 2. The molecule has 0 N–H and O–H groups in total. The van der Waals surface area contributed by atoms with Crippen LogP contribution in [0.2, 0.25) is 0 Å². The van der Waals surface area contributed by atoms with Gasteiger partial charge >= 0.3 is 0 Å². The Labute approximate surface area is 208 Å². The molecular formula is C25H26N2O5S2. The number of thioether (sulfide) groups is 1. The summed E-state index contributed by atoms with van der Waals surface area (Å²) in [6.45, 7) is 6.44. The van der Waals surface area contributed by atoms with Crippen molar-refractivity contribution in [2.24, 2.45) is 0 Å². The quantitative estimate of drug-likeness (QED) is 0.422. The average Bonchev–Trinajstić information content (AvgIpc) is 3.11. The van der Waals surface area contributed by atoms with Crippen LogP contribution in [0.3, 0.4) is 0 Å². The van der Waals surface area contributed by atoms with E-state index in [0.29, 0.717) is 53.6 Å². The van der Waals surface area contributed by atoms with Crippen molar-refractivity contribution in [1.29, 1.82) is 0 Å². The van der Waals surface area contributed by atoms with Gasteiger partial charge in [-0.15, -0.1) is 0 Å². The first-order valence-electron chi connectivity index (χ1n) is 11.1. The first-order chi connectivity index (χ1) is 16.5. The molecule has 2 heterocycles. The summed E-state index contributed by atoms with van der Waals surface area (Å²) in [7, 11) is 0. The number of hydrogen-bond donors (Lipinski definition) is 0. The van der Waals surface area contributed by atoms with Crippen LogP contribution in [0, 0.1) is 6.92 Å². The highest BCUT2D eigenvalue weighted by molar-refractivity contribution is 8.27. The van der Waals surface area contributed by atoms with Crippen molar-refractivity contribution in [2.45, 2.75) is 13.8 Å². The van der Waals surface area contributed by atoms with Gasteiger partial charge in [0.2, 0.25) is 0 Å². The van der Waals surface area contributed by atoms with Gasteiger partial charge in [0.25, 0.3) is 11.8 Å². The number of thiocarbonyl (C=S) groups is 1. The van der Waals surface area contributed by atoms with Gasteiger partial charge in [0, 0.05) is 13.1 Å². The molecule has 2 aromatic rings. The summed E-state index contributed by atoms with van der Waals surface area (Å²) < 4.78 is 17.3. The second-order valence-corrected chi connectivity index (χ2v) is 9.45. The van der Waals surface area contributed by atoms with Gasteiger partial charge in [0.15, 0.2) is 22.4 Å². The maximum atomic E-state index is 13.1. The summed E-state index contributed by atoms with van der Waals surface area (Å²) in [5.41, 5.74) is 2.59. The van der Waals surface area contributed by atoms with Crippen molar-refractivity contribution in [3.05, 3.63) is 58.5 Å². The highest BCUT2D eigenvalue weighted by Gasteiger charge is 2.33. The van der Waals surface area contributed by atoms with Gasteiger partial charge in [-0.1, -0.05) is 42.2 Å². The standard InChI is InChI=1S/C25H26N2O5S2/c1-3-31-21-14-18(7-8-20(21)32-16-23(28)26-9-11-30-12-10-26)15-22-24(29)27(25(33)34-22)19-6-4-5-17(2)13-19/h4-8,13-15H,3,9-12,16H2,1-2H3/b22-15+. The molecular weight excluding hydrogens is 472 g/mol. The molecule has 9 heteroatoms. The lowest BCUT2D eigenvalue weighted by atomic mass is 10.1. The van der Waals surface area contributed by atoms with Gasteiger partial charge in [-0.05, 0) is 55.3 Å². The molecule has 2 amide bonds. The zero-order chi connectivity index (χ0) is 24.1. The van der Waals surface area contributed by atoms with Crippen LogP contribution in [-0.2, 0) is 14.3 Å². The van der Waals surface area contributed by atoms with Gasteiger partial charge in [0.1, 0.15) is 0 Å². The monoisotopic (exact) mass is 498 g/mol. The molecule has 0 bridgehead atoms. The third kappa shape index (κ3) is 5.60. The number of ether oxygens (including phenoxy) is 3. The van der Waals surface area contributed by atoms with Gasteiger partial charge in [-0.2, -0.15) is 0 Å². The van der Waals surface area contributed by atoms with E-state index < -0.39 is 0 Å². The van der Waals surface area contributed by atoms with Crippen molar-refractivity contribution in [3.8, 4) is 11.5 Å². The van der Waals surface area contributed by atoms with E-state index in [-0.39, 0.29) is 18.4 Å². The van der Waals surface area contributed by atoms with Gasteiger partial charge in [-0.25, -0.2) is 0 Å². The van der Waals surface area contributed by atoms with E-state index in [4.69, 9.17) is 26.4 Å². The third-order valence-corrected chi connectivity index (χ3v) is 6.64. The van der Waals surface area contributed by atoms with Crippen molar-refractivity contribution in [3.63, 3.8) is 0 Å². The normalized spacial score (nSPS) is 17.4. The molecule has 7 nitrogen and oxygen atoms in total. The highest BCUT2D eigenvalue weighted by Crippen LogP contribution is 2.37. The van der Waals surface area contributed by atoms with Gasteiger partial charge in [0.05, 0.1) is 30.4 Å². The van der Waals surface area contributed by atoms with Crippen LogP contribution in [0.1, 0.15) is 18.1 Å². The molecule has 2 aliphatic rings. The largest absolute Gasteiger partial charge is 0.490 e. The van der Waals surface area contributed by atoms with E-state index in [1.807, 2.05) is 44.2 Å². The Balaban J connectivity index is 1.49. The highest BCUT2D eigenvalue weighted by atomic mass is 32.2. The maximum Gasteiger partial charge on any atom is 0.270 e. The molecule has 34 heavy (non-hydrogen) atoms. The number of anilines is 1. The number of amides is 2. The van der Waals surface area contributed by atoms with E-state index >= 15 is 0 Å². The topological polar surface area (TPSA) is 68.3 Å². The minimum absolute atomic E-state index is 0.0748. The second-order valence-electron chi connectivity index (χ2n) is 7.78. The van der Waals surface area contributed by atoms with Crippen LogP contribution in [0.25, 0.3) is 6.08 Å². The van der Waals surface area contributed by atoms with Gasteiger partial charge in [-0.3, -0.25) is 14.5 Å². The Morgan fingerprint density at radius 1 is 1.15 bits per heavy atom. The number of hydrogen-bond acceptors (Lipinski definition) is 7. The summed E-state index contributed by atoms with van der Waals surface area (Å²) in [6.07, 6.45) is 1.79. The number of aryl methyl sites for hydroxylation is 1. The summed E-state index contributed by atoms with van der Waals surface area (Å²) >= 11 is 6.74. The summed E-state index contributed by atoms with van der Waals surface area (Å²) in [6, 6.07) is 13.1. The minimum atomic E-state index is -0.157. The number of carbonyl (C=O) groups excluding carboxylic acids is 2. The summed E-state index contributed by atoms with van der Waals surface area (Å²) in [4.78, 5) is 29.3. The number of nitrogens with zero attached hydrogens (tertiary/aromatic N) is 2. The van der Waals surface area contributed by atoms with Gasteiger partial charge < -0.3 is 19.1 Å². The lowest BCUT2D eigenvalue weighted by molar-refractivity contribution is -0.137. The fraction of sp³-hybridized carbons (Fsp3) is 0.320. The van der Waals surface area contributed by atoms with E-state index in [1.165, 1.54) is 11.8 Å². The number of morpholine rings is 1. The van der Waals surface area contributed by atoms with Crippen LogP contribution in [0.4, 0.5) is 5.69 Å². The van der Waals surface area contributed by atoms with Crippen LogP contribution < -0.4 is 14.4 Å². The number of carbonyl (C=O) groups is 2. The second kappa shape index (κ2) is 11.0. The minimum Gasteiger partial charge on any atom is -0.490 e. The Morgan fingerprint density at radius 3 is 2.68 bits per heavy atom. The maximum absolute atomic E-state index is 13.1. The lowest BCUT2D eigenvalue weighted by Crippen LogP contribution is -2.43. The Hall–Kier alpha value is -2.88. The molecule has 2 aromatic carbocycles. The van der Waals surface area contributed by atoms with E-state index in [1.54, 1.807) is 28.0 Å². The van der Waals surface area contributed by atoms with E-state index in [0.717, 1.165) is 16.8 Å². The van der Waals surface area contributed by atoms with Crippen molar-refractivity contribution < 1.29 is 23.8 Å². The Morgan fingerprint density at radius 2 is 1.94 bits per heavy atom. The predicted molar refractivity (Wildman–Crippen MR) is 137 cm³/mol. The molecule has 0 aromatic heterocycles. The molecule has 0 saturated carbocycles. The molecule has 178 valence electrons. The zero-order valence-electron chi connectivity index (χ0n) is 19.1. The zero-order valence-corrected chi connectivity index (χ0v) is 20.7. The molecule has 4 rings (SSSR count). The molecule has 2 saturated heterocycles. The molecule has 2 aliphatic heterocycles. The smallest absolute Gasteiger partial charge is 0.270 e. The summed E-state index contributed by atoms with van der Waals surface area (Å²) in [5, 5.41) is 0. The summed E-state index contributed by atoms with van der Waals surface area (Å²) in [5.74, 6) is 0.748. The molecule has 0 atom stereocenters. The van der Waals surface area contributed by atoms with Crippen LogP contribution in [0.5, 0.6) is 11.5 Å². The van der Waals surface area contributed by atoms with E-state index in [9.17, 15) is 9.59 Å².